The van der Waals surface area contributed by atoms with Crippen molar-refractivity contribution >= 4 is 13.7 Å². The average Bonchev–Trinajstić information content (AvgIpc) is 3.22. The molecule has 0 saturated heterocycles. The average molecular weight is 882 g/mol. The van der Waals surface area contributed by atoms with Gasteiger partial charge >= 0.3 is 7.82 Å². The van der Waals surface area contributed by atoms with E-state index in [-0.39, 0.29) is 12.8 Å². The second-order valence-corrected chi connectivity index (χ2v) is 19.3. The molecule has 0 spiro atoms. The Morgan fingerprint density at radius 1 is 0.517 bits per heavy atom. The minimum atomic E-state index is -5.11. The molecule has 1 aliphatic rings. The van der Waals surface area contributed by atoms with Crippen LogP contribution < -0.4 is 5.32 Å². The van der Waals surface area contributed by atoms with Gasteiger partial charge < -0.3 is 46.0 Å². The molecule has 0 radical (unpaired) electrons. The van der Waals surface area contributed by atoms with Gasteiger partial charge in [-0.25, -0.2) is 4.57 Å². The fraction of sp³-hybridized carbons (Fsp3) is 0.978. The molecule has 1 rings (SSSR count). The van der Waals surface area contributed by atoms with Crippen molar-refractivity contribution in [2.45, 2.75) is 281 Å². The van der Waals surface area contributed by atoms with Gasteiger partial charge in [0.1, 0.15) is 36.6 Å². The maximum Gasteiger partial charge on any atom is 0.472 e. The van der Waals surface area contributed by atoms with E-state index in [1.54, 1.807) is 0 Å². The van der Waals surface area contributed by atoms with Crippen molar-refractivity contribution in [2.75, 3.05) is 6.61 Å². The Balaban J connectivity index is 2.47. The number of phosphoric ester groups is 1. The quantitative estimate of drug-likeness (QED) is 0.0208. The first-order chi connectivity index (χ1) is 28.8. The van der Waals surface area contributed by atoms with Crippen LogP contribution in [-0.4, -0.2) is 108 Å². The third kappa shape index (κ3) is 28.2. The Kier molecular flexibility index (Phi) is 35.0. The van der Waals surface area contributed by atoms with E-state index >= 15 is 0 Å². The first kappa shape index (κ1) is 57.3. The first-order valence-corrected chi connectivity index (χ1v) is 26.1. The Morgan fingerprint density at radius 3 is 1.20 bits per heavy atom. The molecule has 8 unspecified atom stereocenters. The normalized spacial score (nSPS) is 23.3. The molecule has 1 aliphatic carbocycles. The molecule has 8 atom stereocenters. The SMILES string of the molecule is CCCCCCCCCCCCCCCCCCCC(O)CC(=O)NC(COP(=O)(O)OC1C(O)C(O)C(O)C(O)C1O)C(O)CCCCCCCCCCCCCCC. The van der Waals surface area contributed by atoms with Crippen LogP contribution in [0, 0.1) is 0 Å². The minimum Gasteiger partial charge on any atom is -0.393 e. The molecule has 358 valence electrons. The molecule has 0 aliphatic heterocycles. The highest BCUT2D eigenvalue weighted by Gasteiger charge is 2.51. The zero-order valence-corrected chi connectivity index (χ0v) is 38.8. The highest BCUT2D eigenvalue weighted by molar-refractivity contribution is 7.47. The third-order valence-electron chi connectivity index (χ3n) is 12.2. The molecule has 13 nitrogen and oxygen atoms in total. The molecule has 0 aromatic heterocycles. The molecule has 1 fully saturated rings. The highest BCUT2D eigenvalue weighted by Crippen LogP contribution is 2.47. The molecule has 0 heterocycles. The van der Waals surface area contributed by atoms with Gasteiger partial charge in [0.15, 0.2) is 0 Å². The predicted molar refractivity (Wildman–Crippen MR) is 238 cm³/mol. The maximum atomic E-state index is 13.0. The van der Waals surface area contributed by atoms with E-state index in [9.17, 15) is 50.0 Å². The van der Waals surface area contributed by atoms with Crippen molar-refractivity contribution in [3.63, 3.8) is 0 Å². The lowest BCUT2D eigenvalue weighted by Gasteiger charge is -2.41. The number of amides is 1. The summed E-state index contributed by atoms with van der Waals surface area (Å²) in [6.45, 7) is 3.80. The molecular weight excluding hydrogens is 789 g/mol. The summed E-state index contributed by atoms with van der Waals surface area (Å²) in [6, 6.07) is -1.15. The molecule has 14 heteroatoms. The molecule has 60 heavy (non-hydrogen) atoms. The van der Waals surface area contributed by atoms with Gasteiger partial charge in [-0.05, 0) is 12.8 Å². The second kappa shape index (κ2) is 36.6. The van der Waals surface area contributed by atoms with Crippen LogP contribution in [0.2, 0.25) is 0 Å². The van der Waals surface area contributed by atoms with E-state index in [4.69, 9.17) is 9.05 Å². The smallest absolute Gasteiger partial charge is 0.393 e. The van der Waals surface area contributed by atoms with Crippen LogP contribution >= 0.6 is 7.82 Å². The van der Waals surface area contributed by atoms with Crippen LogP contribution in [0.4, 0.5) is 0 Å². The van der Waals surface area contributed by atoms with Crippen molar-refractivity contribution in [3.8, 4) is 0 Å². The van der Waals surface area contributed by atoms with E-state index < -0.39 is 75.2 Å². The van der Waals surface area contributed by atoms with Crippen LogP contribution in [0.1, 0.15) is 226 Å². The first-order valence-electron chi connectivity index (χ1n) is 24.6. The standard InChI is InChI=1S/C46H92NO12P/c1-3-5-7-9-11-13-15-17-18-19-20-22-23-25-27-29-31-33-37(48)35-40(50)47-38(39(49)34-32-30-28-26-24-21-16-14-12-10-8-6-4-2)36-58-60(56,57)59-46-44(54)42(52)41(51)43(53)45(46)55/h37-39,41-46,48-49,51-55H,3-36H2,1-2H3,(H,47,50)(H,56,57). The Bertz CT molecular complexity index is 1040. The van der Waals surface area contributed by atoms with Crippen LogP contribution in [0.15, 0.2) is 0 Å². The Morgan fingerprint density at radius 2 is 0.833 bits per heavy atom. The van der Waals surface area contributed by atoms with Crippen molar-refractivity contribution in [1.82, 2.24) is 5.32 Å². The number of phosphoric acid groups is 1. The number of aliphatic hydroxyl groups excluding tert-OH is 7. The van der Waals surface area contributed by atoms with E-state index in [1.165, 1.54) is 135 Å². The summed E-state index contributed by atoms with van der Waals surface area (Å²) < 4.78 is 22.9. The van der Waals surface area contributed by atoms with Crippen LogP contribution in [0.3, 0.4) is 0 Å². The number of carbonyl (C=O) groups excluding carboxylic acids is 1. The summed E-state index contributed by atoms with van der Waals surface area (Å²) in [4.78, 5) is 23.5. The number of hydrogen-bond acceptors (Lipinski definition) is 11. The summed E-state index contributed by atoms with van der Waals surface area (Å²) in [6.07, 6.45) is 22.9. The molecule has 1 amide bonds. The van der Waals surface area contributed by atoms with Gasteiger partial charge in [-0.1, -0.05) is 206 Å². The van der Waals surface area contributed by atoms with Crippen LogP contribution in [-0.2, 0) is 18.4 Å². The number of hydrogen-bond donors (Lipinski definition) is 9. The van der Waals surface area contributed by atoms with Crippen molar-refractivity contribution in [2.24, 2.45) is 0 Å². The molecule has 0 aromatic rings. The van der Waals surface area contributed by atoms with Gasteiger partial charge in [0.25, 0.3) is 0 Å². The lowest BCUT2D eigenvalue weighted by molar-refractivity contribution is -0.220. The number of nitrogens with one attached hydrogen (secondary N) is 1. The number of rotatable bonds is 41. The van der Waals surface area contributed by atoms with Crippen molar-refractivity contribution in [1.29, 1.82) is 0 Å². The minimum absolute atomic E-state index is 0.216. The summed E-state index contributed by atoms with van der Waals surface area (Å²) in [5.41, 5.74) is 0. The fourth-order valence-electron chi connectivity index (χ4n) is 8.19. The van der Waals surface area contributed by atoms with Gasteiger partial charge in [-0.3, -0.25) is 13.8 Å². The van der Waals surface area contributed by atoms with Crippen molar-refractivity contribution in [3.05, 3.63) is 0 Å². The summed E-state index contributed by atoms with van der Waals surface area (Å²) >= 11 is 0. The monoisotopic (exact) mass is 882 g/mol. The lowest BCUT2D eigenvalue weighted by Crippen LogP contribution is -2.64. The van der Waals surface area contributed by atoms with Gasteiger partial charge in [0.2, 0.25) is 5.91 Å². The molecule has 0 aromatic carbocycles. The van der Waals surface area contributed by atoms with E-state index in [1.807, 2.05) is 0 Å². The van der Waals surface area contributed by atoms with Gasteiger partial charge in [-0.2, -0.15) is 0 Å². The van der Waals surface area contributed by atoms with E-state index in [0.717, 1.165) is 51.4 Å². The molecular formula is C46H92NO12P. The number of unbranched alkanes of at least 4 members (excludes halogenated alkanes) is 28. The molecule has 1 saturated carbocycles. The maximum absolute atomic E-state index is 13.0. The van der Waals surface area contributed by atoms with Crippen molar-refractivity contribution < 1.29 is 59.0 Å². The van der Waals surface area contributed by atoms with Crippen LogP contribution in [0.25, 0.3) is 0 Å². The number of carbonyl (C=O) groups is 1. The Labute approximate surface area is 364 Å². The van der Waals surface area contributed by atoms with Gasteiger partial charge in [-0.15, -0.1) is 0 Å². The fourth-order valence-corrected chi connectivity index (χ4v) is 9.16. The summed E-state index contributed by atoms with van der Waals surface area (Å²) in [5, 5.41) is 74.7. The highest BCUT2D eigenvalue weighted by atomic mass is 31.2. The largest absolute Gasteiger partial charge is 0.472 e. The van der Waals surface area contributed by atoms with E-state index in [0.29, 0.717) is 12.8 Å². The molecule has 9 N–H and O–H groups in total. The topological polar surface area (TPSA) is 226 Å². The zero-order chi connectivity index (χ0) is 44.4. The third-order valence-corrected chi connectivity index (χ3v) is 13.2. The second-order valence-electron chi connectivity index (χ2n) is 17.9. The zero-order valence-electron chi connectivity index (χ0n) is 37.9. The van der Waals surface area contributed by atoms with E-state index in [2.05, 4.69) is 19.2 Å². The summed E-state index contributed by atoms with van der Waals surface area (Å²) in [5.74, 6) is -0.556. The lowest BCUT2D eigenvalue weighted by atomic mass is 9.85. The van der Waals surface area contributed by atoms with Gasteiger partial charge in [0.05, 0.1) is 31.3 Å². The predicted octanol–water partition coefficient (Wildman–Crippen LogP) is 8.43. The molecule has 0 bridgehead atoms. The number of aliphatic hydroxyl groups is 7. The summed E-state index contributed by atoms with van der Waals surface area (Å²) in [7, 11) is -5.11. The van der Waals surface area contributed by atoms with Gasteiger partial charge in [0, 0.05) is 0 Å². The Hall–Kier alpha value is -0.700. The van der Waals surface area contributed by atoms with Crippen LogP contribution in [0.5, 0.6) is 0 Å².